The largest absolute Gasteiger partial charge is 0.398 e. The van der Waals surface area contributed by atoms with E-state index in [0.717, 1.165) is 0 Å². The Bertz CT molecular complexity index is 590. The molecule has 0 spiro atoms. The zero-order valence-electron chi connectivity index (χ0n) is 9.37. The van der Waals surface area contributed by atoms with Crippen LogP contribution in [0.5, 0.6) is 0 Å². The van der Waals surface area contributed by atoms with E-state index in [1.54, 1.807) is 0 Å². The van der Waals surface area contributed by atoms with Crippen LogP contribution in [0, 0.1) is 0 Å². The number of carbonyl (C=O) groups is 1. The molecule has 0 aliphatic rings. The van der Waals surface area contributed by atoms with E-state index in [0.29, 0.717) is 11.5 Å². The van der Waals surface area contributed by atoms with Crippen LogP contribution >= 0.6 is 0 Å². The van der Waals surface area contributed by atoms with E-state index in [1.807, 2.05) is 0 Å². The smallest absolute Gasteiger partial charge is 0.251 e. The van der Waals surface area contributed by atoms with Crippen molar-refractivity contribution in [3.8, 4) is 0 Å². The van der Waals surface area contributed by atoms with Crippen LogP contribution in [-0.4, -0.2) is 20.6 Å². The summed E-state index contributed by atoms with van der Waals surface area (Å²) in [6.07, 6.45) is 2.58. The number of anilines is 1. The molecule has 18 heavy (non-hydrogen) atoms. The summed E-state index contributed by atoms with van der Waals surface area (Å²) in [5.74, 6) is 0.0239. The molecular weight excluding hydrogens is 238 g/mol. The van der Waals surface area contributed by atoms with Gasteiger partial charge in [0, 0.05) is 18.0 Å². The van der Waals surface area contributed by atoms with Gasteiger partial charge in [-0.1, -0.05) is 5.16 Å². The molecule has 2 rings (SSSR count). The van der Waals surface area contributed by atoms with Crippen molar-refractivity contribution in [2.75, 3.05) is 5.73 Å². The predicted octanol–water partition coefficient (Wildman–Crippen LogP) is -0.870. The van der Waals surface area contributed by atoms with Crippen molar-refractivity contribution in [3.05, 3.63) is 40.9 Å². The first-order valence-electron chi connectivity index (χ1n) is 5.13. The highest BCUT2D eigenvalue weighted by atomic mass is 16.5. The van der Waals surface area contributed by atoms with Crippen molar-refractivity contribution in [3.63, 3.8) is 0 Å². The molecule has 0 aliphatic heterocycles. The summed E-state index contributed by atoms with van der Waals surface area (Å²) in [4.78, 5) is 26.7. The third-order valence-electron chi connectivity index (χ3n) is 2.17. The summed E-state index contributed by atoms with van der Waals surface area (Å²) in [7, 11) is 0. The van der Waals surface area contributed by atoms with E-state index in [2.05, 4.69) is 20.0 Å². The number of nitrogens with one attached hydrogen (secondary N) is 1. The molecule has 0 aromatic carbocycles. The fraction of sp³-hybridized carbons (Fsp3) is 0.200. The molecule has 2 heterocycles. The minimum atomic E-state index is -0.340. The zero-order valence-corrected chi connectivity index (χ0v) is 9.37. The van der Waals surface area contributed by atoms with Crippen molar-refractivity contribution < 1.29 is 9.32 Å². The van der Waals surface area contributed by atoms with Crippen molar-refractivity contribution in [1.29, 1.82) is 0 Å². The van der Waals surface area contributed by atoms with Gasteiger partial charge in [-0.2, -0.15) is 4.98 Å². The highest BCUT2D eigenvalue weighted by Crippen LogP contribution is 1.95. The first kappa shape index (κ1) is 11.8. The van der Waals surface area contributed by atoms with Gasteiger partial charge in [0.2, 0.25) is 12.3 Å². The van der Waals surface area contributed by atoms with E-state index in [-0.39, 0.29) is 24.6 Å². The lowest BCUT2D eigenvalue weighted by Crippen LogP contribution is -2.31. The van der Waals surface area contributed by atoms with Crippen LogP contribution in [0.4, 0.5) is 5.69 Å². The van der Waals surface area contributed by atoms with Crippen molar-refractivity contribution in [1.82, 2.24) is 20.0 Å². The number of amides is 1. The second-order valence-electron chi connectivity index (χ2n) is 3.55. The van der Waals surface area contributed by atoms with Gasteiger partial charge in [-0.25, -0.2) is 0 Å². The molecule has 0 atom stereocenters. The molecule has 1 amide bonds. The molecule has 8 nitrogen and oxygen atoms in total. The molecule has 2 aromatic heterocycles. The third kappa shape index (κ3) is 2.94. The molecule has 0 unspecified atom stereocenters. The number of hydrogen-bond acceptors (Lipinski definition) is 6. The number of aromatic nitrogens is 3. The summed E-state index contributed by atoms with van der Waals surface area (Å²) in [6, 6.07) is 2.79. The van der Waals surface area contributed by atoms with Crippen molar-refractivity contribution in [2.45, 2.75) is 13.1 Å². The molecule has 8 heteroatoms. The molecule has 2 aromatic rings. The molecule has 0 radical (unpaired) electrons. The number of hydrogen-bond donors (Lipinski definition) is 2. The molecule has 0 aliphatic carbocycles. The van der Waals surface area contributed by atoms with Gasteiger partial charge in [0.15, 0.2) is 5.82 Å². The van der Waals surface area contributed by atoms with Gasteiger partial charge in [-0.05, 0) is 6.07 Å². The Morgan fingerprint density at radius 1 is 1.50 bits per heavy atom. The van der Waals surface area contributed by atoms with E-state index in [9.17, 15) is 9.59 Å². The highest BCUT2D eigenvalue weighted by Gasteiger charge is 2.06. The summed E-state index contributed by atoms with van der Waals surface area (Å²) in [5.41, 5.74) is 5.66. The molecule has 0 bridgehead atoms. The van der Waals surface area contributed by atoms with E-state index >= 15 is 0 Å². The average Bonchev–Trinajstić information content (AvgIpc) is 2.84. The number of pyridine rings is 1. The minimum Gasteiger partial charge on any atom is -0.398 e. The van der Waals surface area contributed by atoms with Crippen LogP contribution in [0.3, 0.4) is 0 Å². The lowest BCUT2D eigenvalue weighted by atomic mass is 10.4. The van der Waals surface area contributed by atoms with Gasteiger partial charge < -0.3 is 20.1 Å². The van der Waals surface area contributed by atoms with Gasteiger partial charge in [0.05, 0.1) is 6.54 Å². The molecule has 0 fully saturated rings. The summed E-state index contributed by atoms with van der Waals surface area (Å²) < 4.78 is 5.74. The summed E-state index contributed by atoms with van der Waals surface area (Å²) in [6.45, 7) is 0.0358. The van der Waals surface area contributed by atoms with Crippen LogP contribution in [0.1, 0.15) is 5.82 Å². The summed E-state index contributed by atoms with van der Waals surface area (Å²) >= 11 is 0. The molecular formula is C10H11N5O3. The number of rotatable bonds is 4. The van der Waals surface area contributed by atoms with Crippen LogP contribution in [0.15, 0.2) is 34.0 Å². The SMILES string of the molecule is Nc1ccc(=O)n(CC(=O)NCc2ncon2)c1. The number of nitrogen functional groups attached to an aromatic ring is 1. The van der Waals surface area contributed by atoms with Crippen molar-refractivity contribution >= 4 is 11.6 Å². The lowest BCUT2D eigenvalue weighted by Gasteiger charge is -2.06. The van der Waals surface area contributed by atoms with Gasteiger partial charge in [-0.15, -0.1) is 0 Å². The average molecular weight is 249 g/mol. The van der Waals surface area contributed by atoms with Gasteiger partial charge >= 0.3 is 0 Å². The fourth-order valence-electron chi connectivity index (χ4n) is 1.33. The maximum atomic E-state index is 11.6. The van der Waals surface area contributed by atoms with E-state index in [1.165, 1.54) is 29.3 Å². The standard InChI is InChI=1S/C10H11N5O3/c11-7-1-2-10(17)15(4-7)5-9(16)12-3-8-13-6-18-14-8/h1-2,4,6H,3,5,11H2,(H,12,16). The van der Waals surface area contributed by atoms with Gasteiger partial charge in [0.1, 0.15) is 6.54 Å². The normalized spacial score (nSPS) is 10.2. The number of carbonyl (C=O) groups excluding carboxylic acids is 1. The van der Waals surface area contributed by atoms with Crippen LogP contribution in [-0.2, 0) is 17.9 Å². The number of nitrogens with two attached hydrogens (primary N) is 1. The second kappa shape index (κ2) is 5.13. The Hall–Kier alpha value is -2.64. The lowest BCUT2D eigenvalue weighted by molar-refractivity contribution is -0.121. The Balaban J connectivity index is 1.95. The van der Waals surface area contributed by atoms with E-state index < -0.39 is 0 Å². The topological polar surface area (TPSA) is 116 Å². The fourth-order valence-corrected chi connectivity index (χ4v) is 1.33. The van der Waals surface area contributed by atoms with E-state index in [4.69, 9.17) is 5.73 Å². The predicted molar refractivity (Wildman–Crippen MR) is 61.3 cm³/mol. The third-order valence-corrected chi connectivity index (χ3v) is 2.17. The number of nitrogens with zero attached hydrogens (tertiary/aromatic N) is 3. The molecule has 0 saturated heterocycles. The summed E-state index contributed by atoms with van der Waals surface area (Å²) in [5, 5.41) is 6.09. The Morgan fingerprint density at radius 2 is 2.33 bits per heavy atom. The molecule has 3 N–H and O–H groups in total. The Labute approximate surface area is 101 Å². The van der Waals surface area contributed by atoms with Gasteiger partial charge in [0.25, 0.3) is 5.56 Å². The maximum absolute atomic E-state index is 11.6. The van der Waals surface area contributed by atoms with Crippen molar-refractivity contribution in [2.24, 2.45) is 0 Å². The second-order valence-corrected chi connectivity index (χ2v) is 3.55. The quantitative estimate of drug-likeness (QED) is 0.727. The van der Waals surface area contributed by atoms with Gasteiger partial charge in [-0.3, -0.25) is 9.59 Å². The highest BCUT2D eigenvalue weighted by molar-refractivity contribution is 5.75. The zero-order chi connectivity index (χ0) is 13.0. The first-order chi connectivity index (χ1) is 8.65. The maximum Gasteiger partial charge on any atom is 0.251 e. The van der Waals surface area contributed by atoms with Crippen LogP contribution in [0.2, 0.25) is 0 Å². The Kier molecular flexibility index (Phi) is 3.37. The first-order valence-corrected chi connectivity index (χ1v) is 5.13. The van der Waals surface area contributed by atoms with Crippen LogP contribution < -0.4 is 16.6 Å². The monoisotopic (exact) mass is 249 g/mol. The Morgan fingerprint density at radius 3 is 3.06 bits per heavy atom. The molecule has 0 saturated carbocycles. The molecule has 94 valence electrons. The minimum absolute atomic E-state index is 0.109. The van der Waals surface area contributed by atoms with Crippen LogP contribution in [0.25, 0.3) is 0 Å².